The Morgan fingerprint density at radius 1 is 1.32 bits per heavy atom. The molecule has 22 heavy (non-hydrogen) atoms. The van der Waals surface area contributed by atoms with Crippen molar-refractivity contribution in [2.45, 2.75) is 26.8 Å². The molecule has 0 atom stereocenters. The van der Waals surface area contributed by atoms with Crippen LogP contribution < -0.4 is 10.6 Å². The highest BCUT2D eigenvalue weighted by Crippen LogP contribution is 2.25. The first-order chi connectivity index (χ1) is 10.1. The Hall–Kier alpha value is -1.85. The highest BCUT2D eigenvalue weighted by Gasteiger charge is 2.19. The highest BCUT2D eigenvalue weighted by atomic mass is 35.5. The van der Waals surface area contributed by atoms with Crippen molar-refractivity contribution in [2.24, 2.45) is 0 Å². The van der Waals surface area contributed by atoms with Gasteiger partial charge in [0.05, 0.1) is 5.69 Å². The fraction of sp³-hybridized carbons (Fsp3) is 0.312. The standard InChI is InChI=1S/C16H18FN3O.ClH/c1-9-7-10(2)19-15(9)16(21)20-13-4-3-11-8-18-6-5-12(11)14(13)17;/h3-4,7,18-19H,5-6,8H2,1-2H3,(H,20,21);1H. The van der Waals surface area contributed by atoms with Gasteiger partial charge in [0.1, 0.15) is 11.5 Å². The van der Waals surface area contributed by atoms with Gasteiger partial charge in [0.2, 0.25) is 0 Å². The summed E-state index contributed by atoms with van der Waals surface area (Å²) in [7, 11) is 0. The number of hydrogen-bond acceptors (Lipinski definition) is 2. The summed E-state index contributed by atoms with van der Waals surface area (Å²) < 4.78 is 14.5. The van der Waals surface area contributed by atoms with Crippen molar-refractivity contribution in [3.05, 3.63) is 52.1 Å². The number of carbonyl (C=O) groups is 1. The van der Waals surface area contributed by atoms with Crippen LogP contribution in [0.4, 0.5) is 10.1 Å². The van der Waals surface area contributed by atoms with Crippen molar-refractivity contribution in [3.63, 3.8) is 0 Å². The number of aryl methyl sites for hydroxylation is 2. The molecule has 1 aliphatic rings. The number of rotatable bonds is 2. The maximum absolute atomic E-state index is 14.5. The normalized spacial score (nSPS) is 13.2. The van der Waals surface area contributed by atoms with Crippen molar-refractivity contribution in [2.75, 3.05) is 11.9 Å². The summed E-state index contributed by atoms with van der Waals surface area (Å²) in [5.74, 6) is -0.628. The van der Waals surface area contributed by atoms with Crippen LogP contribution in [-0.4, -0.2) is 17.4 Å². The molecule has 1 amide bonds. The monoisotopic (exact) mass is 323 g/mol. The minimum absolute atomic E-state index is 0. The third kappa shape index (κ3) is 3.00. The van der Waals surface area contributed by atoms with Gasteiger partial charge in [-0.3, -0.25) is 4.79 Å². The molecule has 1 aromatic heterocycles. The molecule has 0 saturated carbocycles. The van der Waals surface area contributed by atoms with Crippen molar-refractivity contribution in [3.8, 4) is 0 Å². The largest absolute Gasteiger partial charge is 0.354 e. The van der Waals surface area contributed by atoms with Gasteiger partial charge in [0.15, 0.2) is 0 Å². The Labute approximate surface area is 134 Å². The van der Waals surface area contributed by atoms with Gasteiger partial charge in [0.25, 0.3) is 5.91 Å². The summed E-state index contributed by atoms with van der Waals surface area (Å²) in [6, 6.07) is 5.39. The van der Waals surface area contributed by atoms with Crippen molar-refractivity contribution >= 4 is 24.0 Å². The molecule has 0 aliphatic carbocycles. The van der Waals surface area contributed by atoms with Crippen LogP contribution >= 0.6 is 12.4 Å². The molecule has 3 N–H and O–H groups in total. The lowest BCUT2D eigenvalue weighted by molar-refractivity contribution is 0.102. The maximum Gasteiger partial charge on any atom is 0.272 e. The number of H-pyrrole nitrogens is 1. The molecule has 1 aliphatic heterocycles. The molecule has 0 saturated heterocycles. The smallest absolute Gasteiger partial charge is 0.272 e. The van der Waals surface area contributed by atoms with Gasteiger partial charge < -0.3 is 15.6 Å². The van der Waals surface area contributed by atoms with Gasteiger partial charge in [-0.25, -0.2) is 4.39 Å². The number of anilines is 1. The van der Waals surface area contributed by atoms with Gasteiger partial charge in [-0.15, -0.1) is 12.4 Å². The second kappa shape index (κ2) is 6.50. The summed E-state index contributed by atoms with van der Waals surface area (Å²) in [4.78, 5) is 15.2. The van der Waals surface area contributed by atoms with Crippen LogP contribution in [0.25, 0.3) is 0 Å². The third-order valence-electron chi connectivity index (χ3n) is 3.83. The first-order valence-corrected chi connectivity index (χ1v) is 7.05. The molecule has 4 nitrogen and oxygen atoms in total. The lowest BCUT2D eigenvalue weighted by atomic mass is 9.99. The van der Waals surface area contributed by atoms with E-state index in [2.05, 4.69) is 15.6 Å². The first-order valence-electron chi connectivity index (χ1n) is 7.05. The van der Waals surface area contributed by atoms with E-state index in [4.69, 9.17) is 0 Å². The third-order valence-corrected chi connectivity index (χ3v) is 3.83. The fourth-order valence-electron chi connectivity index (χ4n) is 2.78. The predicted octanol–water partition coefficient (Wildman–Crippen LogP) is 3.09. The van der Waals surface area contributed by atoms with Gasteiger partial charge in [-0.2, -0.15) is 0 Å². The van der Waals surface area contributed by atoms with E-state index in [1.54, 1.807) is 6.07 Å². The topological polar surface area (TPSA) is 56.9 Å². The summed E-state index contributed by atoms with van der Waals surface area (Å²) in [5.41, 5.74) is 4.15. The SMILES string of the molecule is Cc1cc(C)c(C(=O)Nc2ccc3c(c2F)CCNC3)[nH]1.Cl. The van der Waals surface area contributed by atoms with Gasteiger partial charge in [0, 0.05) is 12.2 Å². The number of halogens is 2. The summed E-state index contributed by atoms with van der Waals surface area (Å²) in [6.07, 6.45) is 0.644. The van der Waals surface area contributed by atoms with Crippen molar-refractivity contribution in [1.82, 2.24) is 10.3 Å². The Balaban J connectivity index is 0.00000176. The van der Waals surface area contributed by atoms with Crippen LogP contribution in [0.1, 0.15) is 32.9 Å². The zero-order valence-electron chi connectivity index (χ0n) is 12.5. The molecule has 1 aromatic carbocycles. The van der Waals surface area contributed by atoms with Crippen LogP contribution in [0.15, 0.2) is 18.2 Å². The summed E-state index contributed by atoms with van der Waals surface area (Å²) in [5, 5.41) is 5.87. The van der Waals surface area contributed by atoms with Crippen LogP contribution in [0.2, 0.25) is 0 Å². The van der Waals surface area contributed by atoms with E-state index in [-0.39, 0.29) is 29.8 Å². The van der Waals surface area contributed by atoms with Crippen LogP contribution in [0.3, 0.4) is 0 Å². The molecule has 0 spiro atoms. The van der Waals surface area contributed by atoms with Crippen molar-refractivity contribution in [1.29, 1.82) is 0 Å². The molecule has 3 rings (SSSR count). The number of nitrogens with one attached hydrogen (secondary N) is 3. The maximum atomic E-state index is 14.5. The Bertz CT molecular complexity index is 712. The number of fused-ring (bicyclic) bond motifs is 1. The molecular formula is C16H19ClFN3O. The molecule has 0 fully saturated rings. The zero-order chi connectivity index (χ0) is 15.0. The molecule has 6 heteroatoms. The number of hydrogen-bond donors (Lipinski definition) is 3. The average molecular weight is 324 g/mol. The Morgan fingerprint density at radius 2 is 2.09 bits per heavy atom. The Morgan fingerprint density at radius 3 is 2.77 bits per heavy atom. The van der Waals surface area contributed by atoms with E-state index < -0.39 is 0 Å². The van der Waals surface area contributed by atoms with Gasteiger partial charge in [-0.1, -0.05) is 6.07 Å². The predicted molar refractivity (Wildman–Crippen MR) is 87.3 cm³/mol. The van der Waals surface area contributed by atoms with Gasteiger partial charge in [-0.05, 0) is 55.6 Å². The van der Waals surface area contributed by atoms with Crippen LogP contribution in [0.5, 0.6) is 0 Å². The molecule has 2 heterocycles. The molecule has 0 bridgehead atoms. The summed E-state index contributed by atoms with van der Waals surface area (Å²) >= 11 is 0. The zero-order valence-corrected chi connectivity index (χ0v) is 13.4. The van der Waals surface area contributed by atoms with E-state index in [1.165, 1.54) is 0 Å². The second-order valence-corrected chi connectivity index (χ2v) is 5.46. The van der Waals surface area contributed by atoms with E-state index >= 15 is 0 Å². The van der Waals surface area contributed by atoms with E-state index in [1.807, 2.05) is 26.0 Å². The molecule has 0 radical (unpaired) electrons. The fourth-order valence-corrected chi connectivity index (χ4v) is 2.78. The number of aromatic nitrogens is 1. The lowest BCUT2D eigenvalue weighted by Gasteiger charge is -2.19. The van der Waals surface area contributed by atoms with E-state index in [9.17, 15) is 9.18 Å². The highest BCUT2D eigenvalue weighted by molar-refractivity contribution is 6.04. The molecule has 2 aromatic rings. The minimum atomic E-state index is -0.316. The summed E-state index contributed by atoms with van der Waals surface area (Å²) in [6.45, 7) is 5.18. The minimum Gasteiger partial charge on any atom is -0.354 e. The lowest BCUT2D eigenvalue weighted by Crippen LogP contribution is -2.25. The molecular weight excluding hydrogens is 305 g/mol. The number of aromatic amines is 1. The van der Waals surface area contributed by atoms with Crippen molar-refractivity contribution < 1.29 is 9.18 Å². The molecule has 0 unspecified atom stereocenters. The average Bonchev–Trinajstić information content (AvgIpc) is 2.81. The second-order valence-electron chi connectivity index (χ2n) is 5.46. The van der Waals surface area contributed by atoms with E-state index in [0.717, 1.165) is 23.4 Å². The van der Waals surface area contributed by atoms with Gasteiger partial charge >= 0.3 is 0 Å². The van der Waals surface area contributed by atoms with Crippen LogP contribution in [-0.2, 0) is 13.0 Å². The molecule has 118 valence electrons. The number of amides is 1. The van der Waals surface area contributed by atoms with E-state index in [0.29, 0.717) is 24.2 Å². The van der Waals surface area contributed by atoms with Crippen LogP contribution in [0, 0.1) is 19.7 Å². The Kier molecular flexibility index (Phi) is 4.88. The number of benzene rings is 1. The number of carbonyl (C=O) groups excluding carboxylic acids is 1. The quantitative estimate of drug-likeness (QED) is 0.795. The first kappa shape index (κ1) is 16.5.